The third kappa shape index (κ3) is 3.26. The predicted molar refractivity (Wildman–Crippen MR) is 64.3 cm³/mol. The first kappa shape index (κ1) is 12.6. The van der Waals surface area contributed by atoms with Crippen molar-refractivity contribution in [2.75, 3.05) is 13.7 Å². The summed E-state index contributed by atoms with van der Waals surface area (Å²) in [5.74, 6) is 0. The zero-order valence-corrected chi connectivity index (χ0v) is 10.8. The van der Waals surface area contributed by atoms with Gasteiger partial charge in [0, 0.05) is 18.5 Å². The van der Waals surface area contributed by atoms with Crippen LogP contribution in [0.5, 0.6) is 0 Å². The zero-order valence-electron chi connectivity index (χ0n) is 9.96. The number of rotatable bonds is 6. The lowest BCUT2D eigenvalue weighted by molar-refractivity contribution is 0.0997. The maximum atomic E-state index is 5.39. The quantitative estimate of drug-likeness (QED) is 0.813. The second kappa shape index (κ2) is 6.20. The number of nitrogens with zero attached hydrogens (tertiary/aromatic N) is 1. The molecule has 0 bridgehead atoms. The van der Waals surface area contributed by atoms with Gasteiger partial charge in [0.25, 0.3) is 0 Å². The van der Waals surface area contributed by atoms with Gasteiger partial charge < -0.3 is 10.1 Å². The van der Waals surface area contributed by atoms with Crippen LogP contribution in [0.1, 0.15) is 42.0 Å². The Morgan fingerprint density at radius 2 is 2.20 bits per heavy atom. The molecule has 3 nitrogen and oxygen atoms in total. The minimum Gasteiger partial charge on any atom is -0.374 e. The molecule has 1 heterocycles. The largest absolute Gasteiger partial charge is 0.374 e. The van der Waals surface area contributed by atoms with Crippen molar-refractivity contribution in [2.45, 2.75) is 39.8 Å². The van der Waals surface area contributed by atoms with E-state index in [1.807, 2.05) is 0 Å². The van der Waals surface area contributed by atoms with Crippen molar-refractivity contribution in [2.24, 2.45) is 0 Å². The van der Waals surface area contributed by atoms with Gasteiger partial charge in [-0.2, -0.15) is 0 Å². The van der Waals surface area contributed by atoms with Gasteiger partial charge in [0.2, 0.25) is 0 Å². The molecule has 0 aliphatic heterocycles. The second-order valence-corrected chi connectivity index (χ2v) is 4.59. The maximum absolute atomic E-state index is 5.39. The lowest BCUT2D eigenvalue weighted by Gasteiger charge is -2.08. The molecule has 0 spiro atoms. The fourth-order valence-corrected chi connectivity index (χ4v) is 2.63. The Bertz CT molecular complexity index is 295. The Labute approximate surface area is 95.9 Å². The summed E-state index contributed by atoms with van der Waals surface area (Å²) < 4.78 is 5.39. The molecular weight excluding hydrogens is 208 g/mol. The topological polar surface area (TPSA) is 34.1 Å². The molecule has 1 unspecified atom stereocenters. The van der Waals surface area contributed by atoms with Gasteiger partial charge in [-0.15, -0.1) is 11.3 Å². The van der Waals surface area contributed by atoms with Crippen molar-refractivity contribution >= 4 is 11.3 Å². The molecule has 1 rings (SSSR count). The Balaban J connectivity index is 2.75. The normalized spacial score (nSPS) is 13.1. The number of aryl methyl sites for hydroxylation is 1. The average molecular weight is 228 g/mol. The first-order chi connectivity index (χ1) is 7.22. The van der Waals surface area contributed by atoms with Crippen LogP contribution in [-0.4, -0.2) is 18.6 Å². The molecule has 0 aromatic carbocycles. The average Bonchev–Trinajstić information content (AvgIpc) is 2.59. The van der Waals surface area contributed by atoms with Crippen LogP contribution in [0.25, 0.3) is 0 Å². The number of hydrogen-bond donors (Lipinski definition) is 1. The summed E-state index contributed by atoms with van der Waals surface area (Å²) in [6.45, 7) is 8.21. The Morgan fingerprint density at radius 3 is 2.73 bits per heavy atom. The first-order valence-electron chi connectivity index (χ1n) is 5.42. The maximum Gasteiger partial charge on any atom is 0.122 e. The molecule has 0 aliphatic carbocycles. The van der Waals surface area contributed by atoms with E-state index >= 15 is 0 Å². The SMILES string of the molecule is CCNCc1sc(C(CC)OC)nc1C. The zero-order chi connectivity index (χ0) is 11.3. The standard InChI is InChI=1S/C11H20N2OS/c1-5-9(14-4)11-13-8(3)10(15-11)7-12-6-2/h9,12H,5-7H2,1-4H3. The number of methoxy groups -OCH3 is 1. The van der Waals surface area contributed by atoms with Gasteiger partial charge in [0.1, 0.15) is 11.1 Å². The van der Waals surface area contributed by atoms with Crippen LogP contribution in [0.4, 0.5) is 0 Å². The number of thiazole rings is 1. The summed E-state index contributed by atoms with van der Waals surface area (Å²) >= 11 is 1.76. The Hall–Kier alpha value is -0.450. The number of ether oxygens (including phenoxy) is 1. The van der Waals surface area contributed by atoms with Crippen LogP contribution in [0.15, 0.2) is 0 Å². The van der Waals surface area contributed by atoms with Gasteiger partial charge in [-0.05, 0) is 19.9 Å². The van der Waals surface area contributed by atoms with Gasteiger partial charge >= 0.3 is 0 Å². The molecule has 86 valence electrons. The molecule has 1 aromatic rings. The highest BCUT2D eigenvalue weighted by molar-refractivity contribution is 7.11. The summed E-state index contributed by atoms with van der Waals surface area (Å²) in [7, 11) is 1.74. The minimum absolute atomic E-state index is 0.157. The summed E-state index contributed by atoms with van der Waals surface area (Å²) in [5.41, 5.74) is 1.13. The molecule has 1 N–H and O–H groups in total. The molecule has 15 heavy (non-hydrogen) atoms. The number of hydrogen-bond acceptors (Lipinski definition) is 4. The van der Waals surface area contributed by atoms with Gasteiger partial charge in [0.15, 0.2) is 0 Å². The van der Waals surface area contributed by atoms with Gasteiger partial charge in [0.05, 0.1) is 5.69 Å². The molecule has 0 saturated carbocycles. The summed E-state index contributed by atoms with van der Waals surface area (Å²) in [5, 5.41) is 4.43. The number of nitrogens with one attached hydrogen (secondary N) is 1. The van der Waals surface area contributed by atoms with Crippen molar-refractivity contribution in [1.29, 1.82) is 0 Å². The molecule has 1 atom stereocenters. The van der Waals surface area contributed by atoms with Crippen molar-refractivity contribution in [1.82, 2.24) is 10.3 Å². The van der Waals surface area contributed by atoms with Crippen LogP contribution in [0.3, 0.4) is 0 Å². The highest BCUT2D eigenvalue weighted by Crippen LogP contribution is 2.27. The molecular formula is C11H20N2OS. The molecule has 0 amide bonds. The van der Waals surface area contributed by atoms with E-state index in [0.29, 0.717) is 0 Å². The lowest BCUT2D eigenvalue weighted by Crippen LogP contribution is -2.11. The predicted octanol–water partition coefficient (Wildman–Crippen LogP) is 2.66. The van der Waals surface area contributed by atoms with E-state index < -0.39 is 0 Å². The van der Waals surface area contributed by atoms with E-state index in [1.165, 1.54) is 4.88 Å². The van der Waals surface area contributed by atoms with E-state index in [-0.39, 0.29) is 6.10 Å². The highest BCUT2D eigenvalue weighted by Gasteiger charge is 2.14. The van der Waals surface area contributed by atoms with Crippen LogP contribution >= 0.6 is 11.3 Å². The fourth-order valence-electron chi connectivity index (χ4n) is 1.43. The lowest BCUT2D eigenvalue weighted by atomic mass is 10.3. The van der Waals surface area contributed by atoms with E-state index in [0.717, 1.165) is 30.2 Å². The Morgan fingerprint density at radius 1 is 1.47 bits per heavy atom. The molecule has 4 heteroatoms. The third-order valence-electron chi connectivity index (χ3n) is 2.38. The van der Waals surface area contributed by atoms with Gasteiger partial charge in [-0.1, -0.05) is 13.8 Å². The van der Waals surface area contributed by atoms with E-state index in [1.54, 1.807) is 18.4 Å². The molecule has 0 aliphatic rings. The molecule has 1 aromatic heterocycles. The fraction of sp³-hybridized carbons (Fsp3) is 0.727. The van der Waals surface area contributed by atoms with Crippen LogP contribution in [0, 0.1) is 6.92 Å². The first-order valence-corrected chi connectivity index (χ1v) is 6.24. The van der Waals surface area contributed by atoms with Gasteiger partial charge in [-0.3, -0.25) is 0 Å². The number of aromatic nitrogens is 1. The summed E-state index contributed by atoms with van der Waals surface area (Å²) in [6.07, 6.45) is 1.13. The van der Waals surface area contributed by atoms with Crippen LogP contribution in [0.2, 0.25) is 0 Å². The second-order valence-electron chi connectivity index (χ2n) is 3.47. The van der Waals surface area contributed by atoms with Crippen molar-refractivity contribution in [3.8, 4) is 0 Å². The third-order valence-corrected chi connectivity index (χ3v) is 3.62. The Kier molecular flexibility index (Phi) is 5.22. The van der Waals surface area contributed by atoms with Crippen LogP contribution < -0.4 is 5.32 Å². The van der Waals surface area contributed by atoms with Crippen molar-refractivity contribution in [3.63, 3.8) is 0 Å². The summed E-state index contributed by atoms with van der Waals surface area (Å²) in [4.78, 5) is 5.88. The molecule has 0 fully saturated rings. The molecule has 0 saturated heterocycles. The van der Waals surface area contributed by atoms with E-state index in [4.69, 9.17) is 4.74 Å². The van der Waals surface area contributed by atoms with Crippen LogP contribution in [-0.2, 0) is 11.3 Å². The highest BCUT2D eigenvalue weighted by atomic mass is 32.1. The molecule has 0 radical (unpaired) electrons. The minimum atomic E-state index is 0.157. The summed E-state index contributed by atoms with van der Waals surface area (Å²) in [6, 6.07) is 0. The van der Waals surface area contributed by atoms with Crippen molar-refractivity contribution in [3.05, 3.63) is 15.6 Å². The monoisotopic (exact) mass is 228 g/mol. The van der Waals surface area contributed by atoms with Crippen molar-refractivity contribution < 1.29 is 4.74 Å². The van der Waals surface area contributed by atoms with E-state index in [9.17, 15) is 0 Å². The van der Waals surface area contributed by atoms with Gasteiger partial charge in [-0.25, -0.2) is 4.98 Å². The van der Waals surface area contributed by atoms with E-state index in [2.05, 4.69) is 31.1 Å². The smallest absolute Gasteiger partial charge is 0.122 e.